The number of carbonyl (C=O) groups is 1. The molecule has 8 nitrogen and oxygen atoms in total. The zero-order chi connectivity index (χ0) is 19.9. The molecule has 0 saturated carbocycles. The Labute approximate surface area is 166 Å². The maximum atomic E-state index is 12.5. The minimum Gasteiger partial charge on any atom is -0.493 e. The Morgan fingerprint density at radius 1 is 1.25 bits per heavy atom. The van der Waals surface area contributed by atoms with Crippen LogP contribution in [-0.2, 0) is 11.3 Å². The van der Waals surface area contributed by atoms with E-state index < -0.39 is 6.10 Å². The first kappa shape index (κ1) is 20.7. The van der Waals surface area contributed by atoms with Gasteiger partial charge in [0.15, 0.2) is 11.5 Å². The van der Waals surface area contributed by atoms with Crippen LogP contribution >= 0.6 is 0 Å². The summed E-state index contributed by atoms with van der Waals surface area (Å²) in [7, 11) is 3.19. The summed E-state index contributed by atoms with van der Waals surface area (Å²) in [4.78, 5) is 16.5. The van der Waals surface area contributed by atoms with Gasteiger partial charge in [0.05, 0.1) is 26.4 Å². The minimum atomic E-state index is -0.451. The zero-order valence-corrected chi connectivity index (χ0v) is 16.7. The maximum absolute atomic E-state index is 12.5. The van der Waals surface area contributed by atoms with E-state index in [0.29, 0.717) is 37.7 Å². The fourth-order valence-corrected chi connectivity index (χ4v) is 3.70. The van der Waals surface area contributed by atoms with Crippen molar-refractivity contribution in [3.05, 3.63) is 23.8 Å². The number of carbonyl (C=O) groups excluding carboxylic acids is 1. The number of aliphatic hydroxyl groups is 1. The van der Waals surface area contributed by atoms with Gasteiger partial charge in [0.2, 0.25) is 0 Å². The zero-order valence-electron chi connectivity index (χ0n) is 16.7. The summed E-state index contributed by atoms with van der Waals surface area (Å²) in [6.07, 6.45) is 1.46. The van der Waals surface area contributed by atoms with E-state index in [1.807, 2.05) is 23.1 Å². The Balaban J connectivity index is 1.41. The van der Waals surface area contributed by atoms with Gasteiger partial charge in [0, 0.05) is 45.9 Å². The van der Waals surface area contributed by atoms with Crippen LogP contribution in [0.2, 0.25) is 0 Å². The lowest BCUT2D eigenvalue weighted by atomic mass is 10.1. The Hall–Kier alpha value is -2.03. The summed E-state index contributed by atoms with van der Waals surface area (Å²) < 4.78 is 16.1. The predicted molar refractivity (Wildman–Crippen MR) is 105 cm³/mol. The fourth-order valence-electron chi connectivity index (χ4n) is 3.70. The van der Waals surface area contributed by atoms with E-state index in [0.717, 1.165) is 38.1 Å². The third-order valence-corrected chi connectivity index (χ3v) is 5.39. The Morgan fingerprint density at radius 2 is 2.00 bits per heavy atom. The minimum absolute atomic E-state index is 0.0391. The summed E-state index contributed by atoms with van der Waals surface area (Å²) in [6, 6.07) is 5.53. The molecule has 2 aliphatic heterocycles. The number of hydrogen-bond acceptors (Lipinski definition) is 6. The van der Waals surface area contributed by atoms with E-state index in [1.165, 1.54) is 0 Å². The third kappa shape index (κ3) is 5.27. The van der Waals surface area contributed by atoms with Gasteiger partial charge in [-0.2, -0.15) is 0 Å². The number of hydrogen-bond donors (Lipinski definition) is 2. The highest BCUT2D eigenvalue weighted by atomic mass is 16.5. The first-order valence-electron chi connectivity index (χ1n) is 9.86. The van der Waals surface area contributed by atoms with Crippen molar-refractivity contribution < 1.29 is 24.1 Å². The molecule has 2 aliphatic rings. The summed E-state index contributed by atoms with van der Waals surface area (Å²) in [5.41, 5.74) is 0.948. The first-order valence-corrected chi connectivity index (χ1v) is 9.86. The van der Waals surface area contributed by atoms with E-state index in [9.17, 15) is 9.90 Å². The van der Waals surface area contributed by atoms with Crippen molar-refractivity contribution in [1.82, 2.24) is 15.1 Å². The number of β-amino-alcohol motifs (C(OH)–C–C–N with tert-alkyl or cyclic N) is 1. The number of amides is 2. The van der Waals surface area contributed by atoms with Gasteiger partial charge in [-0.05, 0) is 30.5 Å². The molecule has 156 valence electrons. The topological polar surface area (TPSA) is 83.5 Å². The Morgan fingerprint density at radius 3 is 2.64 bits per heavy atom. The van der Waals surface area contributed by atoms with Crippen LogP contribution < -0.4 is 14.8 Å². The highest BCUT2D eigenvalue weighted by Crippen LogP contribution is 2.27. The molecule has 1 aromatic rings. The van der Waals surface area contributed by atoms with Gasteiger partial charge in [-0.25, -0.2) is 4.79 Å². The van der Waals surface area contributed by atoms with Crippen molar-refractivity contribution in [2.24, 2.45) is 0 Å². The van der Waals surface area contributed by atoms with E-state index in [2.05, 4.69) is 10.2 Å². The summed E-state index contributed by atoms with van der Waals surface area (Å²) in [5.74, 6) is 1.31. The van der Waals surface area contributed by atoms with Crippen LogP contribution in [0.1, 0.15) is 18.4 Å². The van der Waals surface area contributed by atoms with Gasteiger partial charge in [-0.15, -0.1) is 0 Å². The summed E-state index contributed by atoms with van der Waals surface area (Å²) >= 11 is 0. The molecule has 1 aromatic carbocycles. The number of rotatable bonds is 7. The van der Waals surface area contributed by atoms with Crippen molar-refractivity contribution in [3.63, 3.8) is 0 Å². The van der Waals surface area contributed by atoms with Crippen LogP contribution in [0.25, 0.3) is 0 Å². The van der Waals surface area contributed by atoms with Crippen LogP contribution in [-0.4, -0.2) is 86.7 Å². The molecule has 0 aliphatic carbocycles. The second-order valence-electron chi connectivity index (χ2n) is 7.25. The molecular weight excluding hydrogens is 362 g/mol. The lowest BCUT2D eigenvalue weighted by molar-refractivity contribution is -0.0231. The van der Waals surface area contributed by atoms with Gasteiger partial charge in [0.1, 0.15) is 0 Å². The normalized spacial score (nSPS) is 21.4. The average Bonchev–Trinajstić information content (AvgIpc) is 3.27. The van der Waals surface area contributed by atoms with E-state index in [-0.39, 0.29) is 12.1 Å². The lowest BCUT2D eigenvalue weighted by Gasteiger charge is -2.36. The van der Waals surface area contributed by atoms with Crippen molar-refractivity contribution in [2.75, 3.05) is 53.6 Å². The molecule has 8 heteroatoms. The van der Waals surface area contributed by atoms with Crippen LogP contribution in [0.3, 0.4) is 0 Å². The van der Waals surface area contributed by atoms with Crippen LogP contribution in [0, 0.1) is 0 Å². The van der Waals surface area contributed by atoms with Gasteiger partial charge < -0.3 is 29.5 Å². The average molecular weight is 393 g/mol. The number of methoxy groups -OCH3 is 2. The van der Waals surface area contributed by atoms with Crippen LogP contribution in [0.4, 0.5) is 4.79 Å². The van der Waals surface area contributed by atoms with Crippen molar-refractivity contribution in [1.29, 1.82) is 0 Å². The number of benzene rings is 1. The van der Waals surface area contributed by atoms with Gasteiger partial charge in [-0.1, -0.05) is 6.07 Å². The highest BCUT2D eigenvalue weighted by Gasteiger charge is 2.28. The van der Waals surface area contributed by atoms with Gasteiger partial charge >= 0.3 is 6.03 Å². The maximum Gasteiger partial charge on any atom is 0.317 e. The highest BCUT2D eigenvalue weighted by molar-refractivity contribution is 5.74. The SMILES string of the molecule is COc1ccc(CNC(=O)N2CCN(C[C@H](O)[C@@H]3CCCO3)CC2)cc1OC. The van der Waals surface area contributed by atoms with Crippen LogP contribution in [0.15, 0.2) is 18.2 Å². The second-order valence-corrected chi connectivity index (χ2v) is 7.25. The number of nitrogens with zero attached hydrogens (tertiary/aromatic N) is 2. The fraction of sp³-hybridized carbons (Fsp3) is 0.650. The molecule has 0 aromatic heterocycles. The third-order valence-electron chi connectivity index (χ3n) is 5.39. The predicted octanol–water partition coefficient (Wildman–Crippen LogP) is 1.07. The monoisotopic (exact) mass is 393 g/mol. The molecule has 0 spiro atoms. The largest absolute Gasteiger partial charge is 0.493 e. The quantitative estimate of drug-likeness (QED) is 0.721. The van der Waals surface area contributed by atoms with Crippen molar-refractivity contribution >= 4 is 6.03 Å². The molecule has 2 N–H and O–H groups in total. The number of urea groups is 1. The first-order chi connectivity index (χ1) is 13.6. The van der Waals surface area contributed by atoms with Gasteiger partial charge in [0.25, 0.3) is 0 Å². The molecule has 0 unspecified atom stereocenters. The molecule has 2 atom stereocenters. The molecule has 2 fully saturated rings. The number of nitrogens with one attached hydrogen (secondary N) is 1. The molecule has 2 saturated heterocycles. The standard InChI is InChI=1S/C20H31N3O5/c1-26-18-6-5-15(12-19(18)27-2)13-21-20(25)23-9-7-22(8-10-23)14-16(24)17-4-3-11-28-17/h5-6,12,16-17,24H,3-4,7-11,13-14H2,1-2H3,(H,21,25)/t16-,17-/m0/s1. The number of ether oxygens (including phenoxy) is 3. The van der Waals surface area contributed by atoms with E-state index in [1.54, 1.807) is 14.2 Å². The Bertz CT molecular complexity index is 643. The lowest BCUT2D eigenvalue weighted by Crippen LogP contribution is -2.53. The number of aliphatic hydroxyl groups excluding tert-OH is 1. The molecule has 2 amide bonds. The molecular formula is C20H31N3O5. The van der Waals surface area contributed by atoms with E-state index in [4.69, 9.17) is 14.2 Å². The summed E-state index contributed by atoms with van der Waals surface area (Å²) in [5, 5.41) is 13.2. The van der Waals surface area contributed by atoms with Crippen molar-refractivity contribution in [2.45, 2.75) is 31.6 Å². The smallest absolute Gasteiger partial charge is 0.317 e. The molecule has 28 heavy (non-hydrogen) atoms. The molecule has 0 bridgehead atoms. The van der Waals surface area contributed by atoms with Gasteiger partial charge in [-0.3, -0.25) is 4.90 Å². The second kappa shape index (κ2) is 9.95. The van der Waals surface area contributed by atoms with E-state index >= 15 is 0 Å². The van der Waals surface area contributed by atoms with Crippen molar-refractivity contribution in [3.8, 4) is 11.5 Å². The molecule has 3 rings (SSSR count). The Kier molecular flexibility index (Phi) is 7.36. The molecule has 2 heterocycles. The van der Waals surface area contributed by atoms with Crippen LogP contribution in [0.5, 0.6) is 11.5 Å². The number of piperazine rings is 1. The molecule has 0 radical (unpaired) electrons. The summed E-state index contributed by atoms with van der Waals surface area (Å²) in [6.45, 7) is 4.59.